The molecule has 1 N–H and O–H groups in total. The minimum Gasteiger partial charge on any atom is -0.494 e. The number of benzene rings is 3. The van der Waals surface area contributed by atoms with Crippen molar-refractivity contribution in [3.63, 3.8) is 0 Å². The Kier molecular flexibility index (Phi) is 8.38. The van der Waals surface area contributed by atoms with E-state index in [1.165, 1.54) is 31.4 Å². The van der Waals surface area contributed by atoms with Crippen LogP contribution in [0.25, 0.3) is 6.08 Å². The van der Waals surface area contributed by atoms with Gasteiger partial charge in [0.05, 0.1) is 34.9 Å². The summed E-state index contributed by atoms with van der Waals surface area (Å²) in [5.74, 6) is -2.39. The molecule has 0 bridgehead atoms. The van der Waals surface area contributed by atoms with Gasteiger partial charge >= 0.3 is 17.9 Å². The Hall–Kier alpha value is -5.11. The summed E-state index contributed by atoms with van der Waals surface area (Å²) in [5.41, 5.74) is -2.37. The number of urea groups is 1. The third-order valence-corrected chi connectivity index (χ3v) is 6.05. The molecule has 1 aliphatic rings. The normalized spacial score (nSPS) is 14.6. The Morgan fingerprint density at radius 1 is 1.05 bits per heavy atom. The second-order valence-corrected chi connectivity index (χ2v) is 8.87. The van der Waals surface area contributed by atoms with E-state index in [0.717, 1.165) is 17.0 Å². The minimum absolute atomic E-state index is 0.130. The van der Waals surface area contributed by atoms with Crippen LogP contribution in [-0.2, 0) is 15.8 Å². The predicted molar refractivity (Wildman–Crippen MR) is 143 cm³/mol. The number of nitrogens with zero attached hydrogens (tertiary/aromatic N) is 2. The maximum atomic E-state index is 13.2. The van der Waals surface area contributed by atoms with E-state index in [4.69, 9.17) is 25.8 Å². The highest BCUT2D eigenvalue weighted by molar-refractivity contribution is 6.39. The number of barbiturate groups is 1. The molecule has 3 aromatic rings. The number of anilines is 1. The number of nitro groups is 1. The average molecular weight is 606 g/mol. The first kappa shape index (κ1) is 29.9. The number of nitrogens with one attached hydrogen (secondary N) is 1. The van der Waals surface area contributed by atoms with Gasteiger partial charge in [-0.15, -0.1) is 0 Å². The molecule has 0 radical (unpaired) electrons. The first-order valence-corrected chi connectivity index (χ1v) is 12.3. The number of hydrogen-bond acceptors (Lipinski definition) is 8. The van der Waals surface area contributed by atoms with E-state index in [2.05, 4.69) is 5.32 Å². The molecule has 0 aliphatic carbocycles. The fraction of sp³-hybridized carbons (Fsp3) is 0.148. The van der Waals surface area contributed by atoms with Crippen molar-refractivity contribution in [2.75, 3.05) is 18.6 Å². The molecule has 0 atom stereocenters. The van der Waals surface area contributed by atoms with Gasteiger partial charge in [0.15, 0.2) is 11.5 Å². The molecule has 15 heteroatoms. The van der Waals surface area contributed by atoms with Crippen molar-refractivity contribution in [3.8, 4) is 23.0 Å². The number of hydrogen-bond donors (Lipinski definition) is 1. The van der Waals surface area contributed by atoms with Crippen LogP contribution in [0.15, 0.2) is 60.2 Å². The number of halogens is 4. The summed E-state index contributed by atoms with van der Waals surface area (Å²) in [7, 11) is 1.20. The molecule has 1 aliphatic heterocycles. The van der Waals surface area contributed by atoms with Crippen LogP contribution < -0.4 is 24.4 Å². The van der Waals surface area contributed by atoms with Crippen molar-refractivity contribution in [2.45, 2.75) is 13.1 Å². The van der Waals surface area contributed by atoms with Gasteiger partial charge in [0.1, 0.15) is 11.3 Å². The zero-order chi connectivity index (χ0) is 30.8. The Bertz CT molecular complexity index is 1620. The van der Waals surface area contributed by atoms with Gasteiger partial charge in [-0.25, -0.2) is 9.69 Å². The molecular formula is C27H19ClF3N3O8. The molecule has 1 heterocycles. The summed E-state index contributed by atoms with van der Waals surface area (Å²) in [6.45, 7) is 2.19. The number of imide groups is 2. The molecule has 11 nitrogen and oxygen atoms in total. The monoisotopic (exact) mass is 605 g/mol. The third-order valence-electron chi connectivity index (χ3n) is 5.77. The van der Waals surface area contributed by atoms with Crippen LogP contribution >= 0.6 is 11.6 Å². The Balaban J connectivity index is 1.69. The standard InChI is InChI=1S/C27H19ClF3N3O8/c1-3-41-17-7-5-16(6-8-17)33-25(36)18(24(35)32-26(33)37)10-14-11-19(28)23(22(12-14)40-2)42-21-9-4-15(27(29,30)31)13-20(21)34(38)39/h4-13H,3H2,1-2H3,(H,32,35,37)/b18-10+. The van der Waals surface area contributed by atoms with Crippen LogP contribution in [0.3, 0.4) is 0 Å². The lowest BCUT2D eigenvalue weighted by Crippen LogP contribution is -2.54. The van der Waals surface area contributed by atoms with Gasteiger partial charge in [-0.2, -0.15) is 13.2 Å². The number of amides is 4. The van der Waals surface area contributed by atoms with Gasteiger partial charge in [-0.3, -0.25) is 25.0 Å². The predicted octanol–water partition coefficient (Wildman–Crippen LogP) is 6.13. The molecule has 1 fully saturated rings. The molecule has 0 saturated carbocycles. The SMILES string of the molecule is CCOc1ccc(N2C(=O)NC(=O)/C(=C\c3cc(Cl)c(Oc4ccc(C(F)(F)F)cc4[N+](=O)[O-])c(OC)c3)C2=O)cc1. The van der Waals surface area contributed by atoms with E-state index in [1.807, 2.05) is 0 Å². The fourth-order valence-corrected chi connectivity index (χ4v) is 4.13. The Labute approximate surface area is 240 Å². The van der Waals surface area contributed by atoms with Crippen molar-refractivity contribution in [1.82, 2.24) is 5.32 Å². The maximum absolute atomic E-state index is 13.2. The highest BCUT2D eigenvalue weighted by Crippen LogP contribution is 2.44. The van der Waals surface area contributed by atoms with Crippen LogP contribution in [0, 0.1) is 10.1 Å². The molecule has 4 amide bonds. The molecule has 3 aromatic carbocycles. The summed E-state index contributed by atoms with van der Waals surface area (Å²) in [5, 5.41) is 13.3. The summed E-state index contributed by atoms with van der Waals surface area (Å²) < 4.78 is 55.3. The molecule has 42 heavy (non-hydrogen) atoms. The number of carbonyl (C=O) groups excluding carboxylic acids is 3. The minimum atomic E-state index is -4.83. The van der Waals surface area contributed by atoms with E-state index in [9.17, 15) is 37.7 Å². The van der Waals surface area contributed by atoms with Crippen molar-refractivity contribution >= 4 is 46.9 Å². The number of carbonyl (C=O) groups is 3. The first-order valence-electron chi connectivity index (χ1n) is 11.9. The molecular weight excluding hydrogens is 587 g/mol. The number of nitro benzene ring substituents is 1. The molecule has 0 aromatic heterocycles. The topological polar surface area (TPSA) is 137 Å². The van der Waals surface area contributed by atoms with Crippen LogP contribution in [0.1, 0.15) is 18.1 Å². The lowest BCUT2D eigenvalue weighted by molar-refractivity contribution is -0.385. The third kappa shape index (κ3) is 6.12. The Morgan fingerprint density at radius 3 is 2.33 bits per heavy atom. The zero-order valence-corrected chi connectivity index (χ0v) is 22.4. The van der Waals surface area contributed by atoms with E-state index < -0.39 is 51.5 Å². The fourth-order valence-electron chi connectivity index (χ4n) is 3.87. The molecule has 4 rings (SSSR count). The summed E-state index contributed by atoms with van der Waals surface area (Å²) in [6, 6.07) is 9.22. The maximum Gasteiger partial charge on any atom is 0.416 e. The molecule has 0 unspecified atom stereocenters. The van der Waals surface area contributed by atoms with Crippen LogP contribution in [0.5, 0.6) is 23.0 Å². The van der Waals surface area contributed by atoms with E-state index >= 15 is 0 Å². The van der Waals surface area contributed by atoms with Crippen LogP contribution in [0.2, 0.25) is 5.02 Å². The summed E-state index contributed by atoms with van der Waals surface area (Å²) in [6.07, 6.45) is -3.70. The molecule has 218 valence electrons. The highest BCUT2D eigenvalue weighted by atomic mass is 35.5. The number of rotatable bonds is 8. The summed E-state index contributed by atoms with van der Waals surface area (Å²) in [4.78, 5) is 49.5. The van der Waals surface area contributed by atoms with Crippen molar-refractivity contribution in [2.24, 2.45) is 0 Å². The van der Waals surface area contributed by atoms with Gasteiger partial charge in [-0.1, -0.05) is 11.6 Å². The van der Waals surface area contributed by atoms with Crippen molar-refractivity contribution in [1.29, 1.82) is 0 Å². The van der Waals surface area contributed by atoms with E-state index in [0.29, 0.717) is 24.5 Å². The number of alkyl halides is 3. The Morgan fingerprint density at radius 2 is 1.74 bits per heavy atom. The summed E-state index contributed by atoms with van der Waals surface area (Å²) >= 11 is 6.33. The highest BCUT2D eigenvalue weighted by Gasteiger charge is 2.37. The molecule has 0 spiro atoms. The van der Waals surface area contributed by atoms with Gasteiger partial charge in [-0.05, 0) is 67.1 Å². The quantitative estimate of drug-likeness (QED) is 0.140. The lowest BCUT2D eigenvalue weighted by atomic mass is 10.1. The van der Waals surface area contributed by atoms with Crippen molar-refractivity contribution < 1.29 is 46.7 Å². The van der Waals surface area contributed by atoms with Crippen LogP contribution in [0.4, 0.5) is 29.3 Å². The second-order valence-electron chi connectivity index (χ2n) is 8.46. The van der Waals surface area contributed by atoms with Crippen LogP contribution in [-0.4, -0.2) is 36.5 Å². The van der Waals surface area contributed by atoms with Gasteiger partial charge < -0.3 is 14.2 Å². The first-order chi connectivity index (χ1) is 19.8. The smallest absolute Gasteiger partial charge is 0.416 e. The van der Waals surface area contributed by atoms with E-state index in [-0.39, 0.29) is 27.8 Å². The number of methoxy groups -OCH3 is 1. The van der Waals surface area contributed by atoms with Gasteiger partial charge in [0.25, 0.3) is 11.8 Å². The number of ether oxygens (including phenoxy) is 3. The molecule has 1 saturated heterocycles. The van der Waals surface area contributed by atoms with Crippen molar-refractivity contribution in [3.05, 3.63) is 86.4 Å². The second kappa shape index (κ2) is 11.8. The van der Waals surface area contributed by atoms with Gasteiger partial charge in [0, 0.05) is 6.07 Å². The van der Waals surface area contributed by atoms with Gasteiger partial charge in [0.2, 0.25) is 5.75 Å². The lowest BCUT2D eigenvalue weighted by Gasteiger charge is -2.26. The largest absolute Gasteiger partial charge is 0.494 e. The average Bonchev–Trinajstić information content (AvgIpc) is 2.92. The zero-order valence-electron chi connectivity index (χ0n) is 21.7. The van der Waals surface area contributed by atoms with E-state index in [1.54, 1.807) is 19.1 Å².